The van der Waals surface area contributed by atoms with Gasteiger partial charge in [-0.25, -0.2) is 4.39 Å². The molecule has 0 aliphatic heterocycles. The first-order valence-corrected chi connectivity index (χ1v) is 7.70. The Balaban J connectivity index is 1.86. The van der Waals surface area contributed by atoms with Crippen LogP contribution < -0.4 is 10.1 Å². The lowest BCUT2D eigenvalue weighted by Crippen LogP contribution is -2.18. The predicted molar refractivity (Wildman–Crippen MR) is 83.7 cm³/mol. The van der Waals surface area contributed by atoms with Crippen molar-refractivity contribution in [3.8, 4) is 5.75 Å². The number of nitrogens with one attached hydrogen (secondary N) is 1. The Morgan fingerprint density at radius 2 is 2.00 bits per heavy atom. The molecule has 1 aromatic heterocycles. The lowest BCUT2D eigenvalue weighted by Gasteiger charge is -2.06. The fraction of sp³-hybridized carbons (Fsp3) is 0.375. The van der Waals surface area contributed by atoms with Crippen LogP contribution in [0, 0.1) is 11.7 Å². The molecular formula is C16H19BrFNO2. The van der Waals surface area contributed by atoms with E-state index < -0.39 is 0 Å². The molecule has 21 heavy (non-hydrogen) atoms. The van der Waals surface area contributed by atoms with Crippen LogP contribution in [0.1, 0.15) is 25.4 Å². The van der Waals surface area contributed by atoms with Crippen LogP contribution in [0.25, 0.3) is 0 Å². The van der Waals surface area contributed by atoms with Crippen molar-refractivity contribution in [3.63, 3.8) is 0 Å². The maximum atomic E-state index is 13.5. The van der Waals surface area contributed by atoms with Gasteiger partial charge in [-0.05, 0) is 42.8 Å². The lowest BCUT2D eigenvalue weighted by molar-refractivity contribution is 0.254. The Labute approximate surface area is 132 Å². The van der Waals surface area contributed by atoms with E-state index in [1.54, 1.807) is 12.1 Å². The lowest BCUT2D eigenvalue weighted by atomic mass is 10.2. The third-order valence-corrected chi connectivity index (χ3v) is 3.33. The summed E-state index contributed by atoms with van der Waals surface area (Å²) < 4.78 is 25.4. The number of benzene rings is 1. The molecule has 0 bridgehead atoms. The zero-order chi connectivity index (χ0) is 15.2. The highest BCUT2D eigenvalue weighted by molar-refractivity contribution is 9.10. The second kappa shape index (κ2) is 7.61. The van der Waals surface area contributed by atoms with Crippen molar-refractivity contribution in [1.82, 2.24) is 5.32 Å². The molecule has 0 aliphatic rings. The zero-order valence-electron chi connectivity index (χ0n) is 12.2. The Morgan fingerprint density at radius 3 is 2.76 bits per heavy atom. The summed E-state index contributed by atoms with van der Waals surface area (Å²) in [6.07, 6.45) is 0. The predicted octanol–water partition coefficient (Wildman–Crippen LogP) is 4.51. The van der Waals surface area contributed by atoms with Crippen LogP contribution in [0.2, 0.25) is 0 Å². The largest absolute Gasteiger partial charge is 0.483 e. The van der Waals surface area contributed by atoms with Gasteiger partial charge in [-0.2, -0.15) is 0 Å². The first-order valence-electron chi connectivity index (χ1n) is 6.90. The van der Waals surface area contributed by atoms with Crippen LogP contribution >= 0.6 is 15.9 Å². The number of rotatable bonds is 7. The molecule has 0 aliphatic carbocycles. The van der Waals surface area contributed by atoms with Gasteiger partial charge in [0, 0.05) is 4.47 Å². The molecule has 0 spiro atoms. The molecule has 5 heteroatoms. The number of furan rings is 1. The van der Waals surface area contributed by atoms with Gasteiger partial charge in [-0.15, -0.1) is 0 Å². The van der Waals surface area contributed by atoms with Crippen molar-refractivity contribution in [1.29, 1.82) is 0 Å². The summed E-state index contributed by atoms with van der Waals surface area (Å²) in [5.41, 5.74) is 0. The van der Waals surface area contributed by atoms with Crippen LogP contribution in [0.4, 0.5) is 4.39 Å². The molecule has 2 rings (SSSR count). The summed E-state index contributed by atoms with van der Waals surface area (Å²) in [7, 11) is 0. The van der Waals surface area contributed by atoms with Crippen molar-refractivity contribution in [2.45, 2.75) is 27.0 Å². The summed E-state index contributed by atoms with van der Waals surface area (Å²) in [5.74, 6) is 1.95. The van der Waals surface area contributed by atoms with Gasteiger partial charge in [-0.3, -0.25) is 0 Å². The van der Waals surface area contributed by atoms with Crippen molar-refractivity contribution >= 4 is 15.9 Å². The summed E-state index contributed by atoms with van der Waals surface area (Å²) in [6, 6.07) is 8.35. The molecule has 0 saturated carbocycles. The van der Waals surface area contributed by atoms with Gasteiger partial charge < -0.3 is 14.5 Å². The van der Waals surface area contributed by atoms with Crippen LogP contribution in [0.15, 0.2) is 39.2 Å². The van der Waals surface area contributed by atoms with E-state index in [0.717, 1.165) is 16.8 Å². The zero-order valence-corrected chi connectivity index (χ0v) is 13.7. The number of hydrogen-bond acceptors (Lipinski definition) is 3. The maximum Gasteiger partial charge on any atom is 0.165 e. The fourth-order valence-corrected chi connectivity index (χ4v) is 2.16. The third-order valence-electron chi connectivity index (χ3n) is 2.83. The smallest absolute Gasteiger partial charge is 0.165 e. The Kier molecular flexibility index (Phi) is 5.82. The second-order valence-corrected chi connectivity index (χ2v) is 6.17. The first-order chi connectivity index (χ1) is 10.0. The second-order valence-electron chi connectivity index (χ2n) is 5.26. The molecule has 1 heterocycles. The minimum absolute atomic E-state index is 0.206. The van der Waals surface area contributed by atoms with Crippen LogP contribution in [-0.2, 0) is 13.2 Å². The molecule has 2 aromatic rings. The average molecular weight is 356 g/mol. The topological polar surface area (TPSA) is 34.4 Å². The number of ether oxygens (including phenoxy) is 1. The molecule has 0 atom stereocenters. The third kappa shape index (κ3) is 5.17. The Morgan fingerprint density at radius 1 is 1.24 bits per heavy atom. The average Bonchev–Trinajstić information content (AvgIpc) is 2.87. The van der Waals surface area contributed by atoms with Gasteiger partial charge in [0.25, 0.3) is 0 Å². The molecule has 114 valence electrons. The van der Waals surface area contributed by atoms with Crippen molar-refractivity contribution < 1.29 is 13.5 Å². The molecule has 3 nitrogen and oxygen atoms in total. The van der Waals surface area contributed by atoms with Gasteiger partial charge in [-0.1, -0.05) is 29.8 Å². The standard InChI is InChI=1S/C16H19BrFNO2/c1-11(2)8-19-9-13-4-5-14(21-13)10-20-16-7-12(17)3-6-15(16)18/h3-7,11,19H,8-10H2,1-2H3. The molecule has 0 radical (unpaired) electrons. The van der Waals surface area contributed by atoms with Crippen LogP contribution in [0.5, 0.6) is 5.75 Å². The SMILES string of the molecule is CC(C)CNCc1ccc(COc2cc(Br)ccc2F)o1. The number of halogens is 2. The molecule has 0 saturated heterocycles. The summed E-state index contributed by atoms with van der Waals surface area (Å²) in [5, 5.41) is 3.30. The maximum absolute atomic E-state index is 13.5. The highest BCUT2D eigenvalue weighted by atomic mass is 79.9. The molecule has 0 fully saturated rings. The van der Waals surface area contributed by atoms with Crippen LogP contribution in [0.3, 0.4) is 0 Å². The van der Waals surface area contributed by atoms with Crippen molar-refractivity contribution in [2.24, 2.45) is 5.92 Å². The van der Waals surface area contributed by atoms with Crippen LogP contribution in [-0.4, -0.2) is 6.54 Å². The van der Waals surface area contributed by atoms with E-state index in [1.165, 1.54) is 6.07 Å². The fourth-order valence-electron chi connectivity index (χ4n) is 1.82. The highest BCUT2D eigenvalue weighted by Gasteiger charge is 2.07. The Bertz CT molecular complexity index is 583. The summed E-state index contributed by atoms with van der Waals surface area (Å²) in [6.45, 7) is 6.14. The quantitative estimate of drug-likeness (QED) is 0.793. The molecule has 0 unspecified atom stereocenters. The Hall–Kier alpha value is -1.33. The minimum atomic E-state index is -0.386. The van der Waals surface area contributed by atoms with E-state index in [0.29, 0.717) is 18.2 Å². The van der Waals surface area contributed by atoms with Gasteiger partial charge in [0.05, 0.1) is 6.54 Å². The van der Waals surface area contributed by atoms with E-state index in [-0.39, 0.29) is 18.2 Å². The summed E-state index contributed by atoms with van der Waals surface area (Å²) in [4.78, 5) is 0. The van der Waals surface area contributed by atoms with Crippen molar-refractivity contribution in [2.75, 3.05) is 6.54 Å². The van der Waals surface area contributed by atoms with E-state index in [4.69, 9.17) is 9.15 Å². The van der Waals surface area contributed by atoms with Gasteiger partial charge in [0.2, 0.25) is 0 Å². The molecular weight excluding hydrogens is 337 g/mol. The molecule has 0 amide bonds. The van der Waals surface area contributed by atoms with E-state index in [9.17, 15) is 4.39 Å². The normalized spacial score (nSPS) is 11.1. The number of hydrogen-bond donors (Lipinski definition) is 1. The summed E-state index contributed by atoms with van der Waals surface area (Å²) >= 11 is 3.29. The van der Waals surface area contributed by atoms with Crippen molar-refractivity contribution in [3.05, 3.63) is 52.1 Å². The highest BCUT2D eigenvalue weighted by Crippen LogP contribution is 2.23. The van der Waals surface area contributed by atoms with E-state index in [1.807, 2.05) is 12.1 Å². The minimum Gasteiger partial charge on any atom is -0.483 e. The van der Waals surface area contributed by atoms with E-state index in [2.05, 4.69) is 35.1 Å². The monoisotopic (exact) mass is 355 g/mol. The van der Waals surface area contributed by atoms with Gasteiger partial charge >= 0.3 is 0 Å². The first kappa shape index (κ1) is 16.0. The van der Waals surface area contributed by atoms with E-state index >= 15 is 0 Å². The van der Waals surface area contributed by atoms with Gasteiger partial charge in [0.1, 0.15) is 18.1 Å². The molecule has 1 N–H and O–H groups in total. The molecule has 1 aromatic carbocycles. The van der Waals surface area contributed by atoms with Gasteiger partial charge in [0.15, 0.2) is 11.6 Å².